The van der Waals surface area contributed by atoms with E-state index in [1.54, 1.807) is 19.2 Å². The Kier molecular flexibility index (Phi) is 5.57. The molecule has 3 N–H and O–H groups in total. The lowest BCUT2D eigenvalue weighted by Crippen LogP contribution is -2.52. The minimum atomic E-state index is -0.570. The first kappa shape index (κ1) is 18.0. The molecule has 3 heterocycles. The van der Waals surface area contributed by atoms with Crippen molar-refractivity contribution in [1.29, 1.82) is 0 Å². The molecule has 1 amide bonds. The summed E-state index contributed by atoms with van der Waals surface area (Å²) in [4.78, 5) is 20.0. The van der Waals surface area contributed by atoms with E-state index in [0.717, 1.165) is 50.1 Å². The van der Waals surface area contributed by atoms with Crippen molar-refractivity contribution in [3.05, 3.63) is 41.2 Å². The summed E-state index contributed by atoms with van der Waals surface area (Å²) in [5, 5.41) is 7.31. The Balaban J connectivity index is 1.47. The number of nitrogens with two attached hydrogens (primary N) is 1. The van der Waals surface area contributed by atoms with Crippen LogP contribution in [0.1, 0.15) is 27.8 Å². The van der Waals surface area contributed by atoms with E-state index in [0.29, 0.717) is 12.3 Å². The Morgan fingerprint density at radius 2 is 2.12 bits per heavy atom. The van der Waals surface area contributed by atoms with Crippen LogP contribution in [0, 0.1) is 6.92 Å². The van der Waals surface area contributed by atoms with Gasteiger partial charge in [0.25, 0.3) is 5.91 Å². The molecule has 3 rings (SSSR count). The first-order valence-electron chi connectivity index (χ1n) is 8.54. The predicted molar refractivity (Wildman–Crippen MR) is 95.5 cm³/mol. The van der Waals surface area contributed by atoms with Gasteiger partial charge in [-0.3, -0.25) is 14.7 Å². The summed E-state index contributed by atoms with van der Waals surface area (Å²) in [5.41, 5.74) is 6.16. The van der Waals surface area contributed by atoms with Crippen molar-refractivity contribution in [3.63, 3.8) is 0 Å². The predicted octanol–water partition coefficient (Wildman–Crippen LogP) is 0.568. The Bertz CT molecular complexity index is 773. The molecule has 0 bridgehead atoms. The standard InChI is InChI=1S/C17H24N6O3/c1-12-9-13(21-26-12)11-22-5-7-23(8-6-22)17(19-2)20-10-14-3-4-15(25-14)16(18)24/h3-4,9H,5-8,10-11H2,1-2H3,(H2,18,24)(H,19,20). The molecule has 0 spiro atoms. The maximum atomic E-state index is 11.1. The van der Waals surface area contributed by atoms with E-state index in [2.05, 4.69) is 25.3 Å². The maximum absolute atomic E-state index is 11.1. The summed E-state index contributed by atoms with van der Waals surface area (Å²) in [6.45, 7) is 6.69. The fourth-order valence-electron chi connectivity index (χ4n) is 2.94. The molecule has 1 fully saturated rings. The van der Waals surface area contributed by atoms with E-state index >= 15 is 0 Å². The SMILES string of the molecule is CN=C(NCc1ccc(C(N)=O)o1)N1CCN(Cc2cc(C)on2)CC1. The fraction of sp³-hybridized carbons (Fsp3) is 0.471. The molecule has 1 saturated heterocycles. The van der Waals surface area contributed by atoms with Crippen molar-refractivity contribution in [2.75, 3.05) is 33.2 Å². The van der Waals surface area contributed by atoms with Crippen LogP contribution in [-0.4, -0.2) is 60.0 Å². The van der Waals surface area contributed by atoms with Crippen LogP contribution in [0.5, 0.6) is 0 Å². The quantitative estimate of drug-likeness (QED) is 0.592. The molecule has 26 heavy (non-hydrogen) atoms. The molecule has 140 valence electrons. The van der Waals surface area contributed by atoms with Crippen LogP contribution in [-0.2, 0) is 13.1 Å². The molecular weight excluding hydrogens is 336 g/mol. The molecule has 9 nitrogen and oxygen atoms in total. The third-order valence-electron chi connectivity index (χ3n) is 4.27. The van der Waals surface area contributed by atoms with Gasteiger partial charge in [0.1, 0.15) is 11.5 Å². The molecule has 0 radical (unpaired) electrons. The van der Waals surface area contributed by atoms with Gasteiger partial charge in [-0.25, -0.2) is 0 Å². The topological polar surface area (TPSA) is 113 Å². The van der Waals surface area contributed by atoms with E-state index in [-0.39, 0.29) is 5.76 Å². The van der Waals surface area contributed by atoms with Gasteiger partial charge in [0.05, 0.1) is 12.2 Å². The Morgan fingerprint density at radius 3 is 2.69 bits per heavy atom. The number of rotatable bonds is 5. The van der Waals surface area contributed by atoms with Gasteiger partial charge in [-0.05, 0) is 19.1 Å². The molecule has 2 aromatic rings. The van der Waals surface area contributed by atoms with Crippen LogP contribution in [0.2, 0.25) is 0 Å². The molecule has 1 aliphatic heterocycles. The molecule has 1 aliphatic rings. The van der Waals surface area contributed by atoms with Crippen molar-refractivity contribution >= 4 is 11.9 Å². The highest BCUT2D eigenvalue weighted by Crippen LogP contribution is 2.10. The summed E-state index contributed by atoms with van der Waals surface area (Å²) in [7, 11) is 1.75. The number of aryl methyl sites for hydroxylation is 1. The first-order valence-corrected chi connectivity index (χ1v) is 8.54. The van der Waals surface area contributed by atoms with Crippen molar-refractivity contribution in [1.82, 2.24) is 20.3 Å². The number of guanidine groups is 1. The van der Waals surface area contributed by atoms with Crippen LogP contribution in [0.15, 0.2) is 32.1 Å². The number of hydrogen-bond donors (Lipinski definition) is 2. The lowest BCUT2D eigenvalue weighted by atomic mass is 10.3. The molecule has 2 aromatic heterocycles. The molecular formula is C17H24N6O3. The smallest absolute Gasteiger partial charge is 0.284 e. The number of primary amides is 1. The van der Waals surface area contributed by atoms with Gasteiger partial charge < -0.3 is 24.9 Å². The summed E-state index contributed by atoms with van der Waals surface area (Å²) >= 11 is 0. The van der Waals surface area contributed by atoms with E-state index in [1.807, 2.05) is 13.0 Å². The van der Waals surface area contributed by atoms with Gasteiger partial charge in [-0.1, -0.05) is 5.16 Å². The maximum Gasteiger partial charge on any atom is 0.284 e. The molecule has 9 heteroatoms. The Morgan fingerprint density at radius 1 is 1.35 bits per heavy atom. The van der Waals surface area contributed by atoms with Crippen LogP contribution in [0.25, 0.3) is 0 Å². The number of carbonyl (C=O) groups excluding carboxylic acids is 1. The van der Waals surface area contributed by atoms with Crippen molar-refractivity contribution in [3.8, 4) is 0 Å². The normalized spacial score (nSPS) is 16.1. The van der Waals surface area contributed by atoms with Gasteiger partial charge in [0, 0.05) is 45.8 Å². The second kappa shape index (κ2) is 8.05. The zero-order valence-corrected chi connectivity index (χ0v) is 15.1. The highest BCUT2D eigenvalue weighted by molar-refractivity contribution is 5.89. The Hall–Kier alpha value is -2.81. The Labute approximate surface area is 151 Å². The average Bonchev–Trinajstić information content (AvgIpc) is 3.26. The number of aliphatic imine (C=N–C) groups is 1. The summed E-state index contributed by atoms with van der Waals surface area (Å²) in [5.74, 6) is 1.87. The van der Waals surface area contributed by atoms with Gasteiger partial charge in [0.2, 0.25) is 0 Å². The third kappa shape index (κ3) is 4.42. The van der Waals surface area contributed by atoms with Crippen molar-refractivity contribution in [2.45, 2.75) is 20.0 Å². The van der Waals surface area contributed by atoms with Gasteiger partial charge in [0.15, 0.2) is 11.7 Å². The fourth-order valence-corrected chi connectivity index (χ4v) is 2.94. The average molecular weight is 360 g/mol. The number of hydrogen-bond acceptors (Lipinski definition) is 6. The number of furan rings is 1. The summed E-state index contributed by atoms with van der Waals surface area (Å²) < 4.78 is 10.5. The molecule has 0 saturated carbocycles. The van der Waals surface area contributed by atoms with E-state index in [9.17, 15) is 4.79 Å². The van der Waals surface area contributed by atoms with E-state index in [1.165, 1.54) is 0 Å². The summed E-state index contributed by atoms with van der Waals surface area (Å²) in [6, 6.07) is 5.28. The number of aromatic nitrogens is 1. The zero-order valence-electron chi connectivity index (χ0n) is 15.1. The number of piperazine rings is 1. The number of nitrogens with one attached hydrogen (secondary N) is 1. The van der Waals surface area contributed by atoms with E-state index < -0.39 is 5.91 Å². The van der Waals surface area contributed by atoms with Gasteiger partial charge >= 0.3 is 0 Å². The van der Waals surface area contributed by atoms with Crippen LogP contribution in [0.4, 0.5) is 0 Å². The lowest BCUT2D eigenvalue weighted by molar-refractivity contribution is 0.0972. The van der Waals surface area contributed by atoms with Crippen LogP contribution < -0.4 is 11.1 Å². The van der Waals surface area contributed by atoms with Crippen LogP contribution >= 0.6 is 0 Å². The lowest BCUT2D eigenvalue weighted by Gasteiger charge is -2.36. The highest BCUT2D eigenvalue weighted by atomic mass is 16.5. The molecule has 0 atom stereocenters. The second-order valence-corrected chi connectivity index (χ2v) is 6.22. The van der Waals surface area contributed by atoms with Crippen molar-refractivity contribution in [2.24, 2.45) is 10.7 Å². The monoisotopic (exact) mass is 360 g/mol. The second-order valence-electron chi connectivity index (χ2n) is 6.22. The van der Waals surface area contributed by atoms with Gasteiger partial charge in [-0.15, -0.1) is 0 Å². The van der Waals surface area contributed by atoms with Crippen LogP contribution in [0.3, 0.4) is 0 Å². The highest BCUT2D eigenvalue weighted by Gasteiger charge is 2.20. The zero-order chi connectivity index (χ0) is 18.5. The molecule has 0 unspecified atom stereocenters. The van der Waals surface area contributed by atoms with E-state index in [4.69, 9.17) is 14.7 Å². The minimum Gasteiger partial charge on any atom is -0.454 e. The number of carbonyl (C=O) groups is 1. The largest absolute Gasteiger partial charge is 0.454 e. The molecule has 0 aromatic carbocycles. The third-order valence-corrected chi connectivity index (χ3v) is 4.27. The van der Waals surface area contributed by atoms with Crippen molar-refractivity contribution < 1.29 is 13.7 Å². The molecule has 0 aliphatic carbocycles. The number of nitrogens with zero attached hydrogens (tertiary/aromatic N) is 4. The van der Waals surface area contributed by atoms with Gasteiger partial charge in [-0.2, -0.15) is 0 Å². The first-order chi connectivity index (χ1) is 12.5. The minimum absolute atomic E-state index is 0.161. The summed E-state index contributed by atoms with van der Waals surface area (Å²) in [6.07, 6.45) is 0. The number of amides is 1.